The number of hydrogen-bond acceptors (Lipinski definition) is 4. The maximum atomic E-state index is 11.7. The fraction of sp³-hybridized carbons (Fsp3) is 0.526. The summed E-state index contributed by atoms with van der Waals surface area (Å²) in [6.45, 7) is 4.96. The number of rotatable bonds is 3. The Kier molecular flexibility index (Phi) is 5.50. The van der Waals surface area contributed by atoms with Crippen LogP contribution in [0.3, 0.4) is 0 Å². The van der Waals surface area contributed by atoms with Crippen LogP contribution in [0.2, 0.25) is 0 Å². The van der Waals surface area contributed by atoms with E-state index in [1.807, 2.05) is 42.2 Å². The van der Waals surface area contributed by atoms with Crippen molar-refractivity contribution < 1.29 is 9.90 Å². The van der Waals surface area contributed by atoms with Crippen molar-refractivity contribution in [3.05, 3.63) is 35.9 Å². The van der Waals surface area contributed by atoms with Gasteiger partial charge in [-0.1, -0.05) is 42.2 Å². The van der Waals surface area contributed by atoms with Gasteiger partial charge in [0, 0.05) is 13.1 Å². The molecule has 2 heterocycles. The predicted molar refractivity (Wildman–Crippen MR) is 97.4 cm³/mol. The van der Waals surface area contributed by atoms with E-state index < -0.39 is 5.60 Å². The van der Waals surface area contributed by atoms with Crippen LogP contribution in [0.5, 0.6) is 0 Å². The van der Waals surface area contributed by atoms with E-state index in [1.54, 1.807) is 11.8 Å². The molecular formula is C19H24N2O2S. The summed E-state index contributed by atoms with van der Waals surface area (Å²) in [5, 5.41) is 11.1. The molecular weight excluding hydrogens is 320 g/mol. The van der Waals surface area contributed by atoms with Gasteiger partial charge in [-0.2, -0.15) is 0 Å². The van der Waals surface area contributed by atoms with Crippen molar-refractivity contribution in [2.24, 2.45) is 0 Å². The van der Waals surface area contributed by atoms with Gasteiger partial charge in [-0.3, -0.25) is 9.69 Å². The fourth-order valence-electron chi connectivity index (χ4n) is 3.21. The molecule has 1 aromatic carbocycles. The highest BCUT2D eigenvalue weighted by Gasteiger charge is 2.33. The first-order valence-corrected chi connectivity index (χ1v) is 9.50. The smallest absolute Gasteiger partial charge is 0.234 e. The lowest BCUT2D eigenvalue weighted by Gasteiger charge is -2.37. The van der Waals surface area contributed by atoms with Gasteiger partial charge in [0.2, 0.25) is 5.91 Å². The summed E-state index contributed by atoms with van der Waals surface area (Å²) in [7, 11) is 0. The van der Waals surface area contributed by atoms with E-state index in [1.165, 1.54) is 0 Å². The maximum Gasteiger partial charge on any atom is 0.234 e. The molecule has 24 heavy (non-hydrogen) atoms. The van der Waals surface area contributed by atoms with Gasteiger partial charge in [0.15, 0.2) is 0 Å². The number of amides is 1. The van der Waals surface area contributed by atoms with Gasteiger partial charge in [-0.25, -0.2) is 0 Å². The van der Waals surface area contributed by atoms with Crippen molar-refractivity contribution >= 4 is 17.7 Å². The Morgan fingerprint density at radius 2 is 1.88 bits per heavy atom. The summed E-state index contributed by atoms with van der Waals surface area (Å²) in [6, 6.07) is 9.93. The lowest BCUT2D eigenvalue weighted by Crippen LogP contribution is -2.42. The second kappa shape index (κ2) is 7.60. The normalized spacial score (nSPS) is 23.8. The van der Waals surface area contributed by atoms with Crippen LogP contribution in [0.25, 0.3) is 0 Å². The van der Waals surface area contributed by atoms with Crippen LogP contribution in [0, 0.1) is 11.8 Å². The zero-order valence-corrected chi connectivity index (χ0v) is 14.9. The van der Waals surface area contributed by atoms with Gasteiger partial charge in [0.25, 0.3) is 0 Å². The summed E-state index contributed by atoms with van der Waals surface area (Å²) in [5.74, 6) is 7.07. The van der Waals surface area contributed by atoms with Gasteiger partial charge >= 0.3 is 0 Å². The zero-order chi connectivity index (χ0) is 17.0. The molecule has 0 bridgehead atoms. The minimum absolute atomic E-state index is 0.188. The van der Waals surface area contributed by atoms with E-state index in [4.69, 9.17) is 0 Å². The molecule has 5 heteroatoms. The van der Waals surface area contributed by atoms with Crippen LogP contribution in [-0.2, 0) is 10.4 Å². The van der Waals surface area contributed by atoms with Gasteiger partial charge in [-0.05, 0) is 25.3 Å². The Balaban J connectivity index is 1.46. The molecule has 1 N–H and O–H groups in total. The number of nitrogens with zero attached hydrogens (tertiary/aromatic N) is 2. The third-order valence-electron chi connectivity index (χ3n) is 4.88. The van der Waals surface area contributed by atoms with E-state index >= 15 is 0 Å². The first-order valence-electron chi connectivity index (χ1n) is 8.45. The molecule has 2 aliphatic rings. The van der Waals surface area contributed by atoms with E-state index in [-0.39, 0.29) is 11.3 Å². The van der Waals surface area contributed by atoms with Crippen molar-refractivity contribution in [3.63, 3.8) is 0 Å². The lowest BCUT2D eigenvalue weighted by molar-refractivity contribution is -0.127. The number of aliphatic hydroxyl groups is 1. The van der Waals surface area contributed by atoms with E-state index in [0.717, 1.165) is 31.5 Å². The quantitative estimate of drug-likeness (QED) is 0.851. The molecule has 1 atom stereocenters. The Labute approximate surface area is 148 Å². The standard InChI is InChI=1S/C19H24N2O2S/c1-16-21(18(22)15-24-16)12-6-5-11-20-13-9-19(23,10-14-20)17-7-3-2-4-8-17/h2-4,7-8,16,23H,9-15H2,1H3. The largest absolute Gasteiger partial charge is 0.385 e. The SMILES string of the molecule is CC1SCC(=O)N1CC#CCN1CCC(O)(c2ccccc2)CC1. The monoisotopic (exact) mass is 344 g/mol. The summed E-state index contributed by atoms with van der Waals surface area (Å²) in [6.07, 6.45) is 1.47. The fourth-order valence-corrected chi connectivity index (χ4v) is 4.13. The third kappa shape index (κ3) is 3.94. The third-order valence-corrected chi connectivity index (χ3v) is 6.03. The number of hydrogen-bond donors (Lipinski definition) is 1. The summed E-state index contributed by atoms with van der Waals surface area (Å²) in [5.41, 5.74) is 0.301. The lowest BCUT2D eigenvalue weighted by atomic mass is 9.84. The average Bonchev–Trinajstić information content (AvgIpc) is 2.93. The Bertz CT molecular complexity index is 630. The van der Waals surface area contributed by atoms with Crippen molar-refractivity contribution in [1.29, 1.82) is 0 Å². The number of thioether (sulfide) groups is 1. The molecule has 128 valence electrons. The molecule has 0 aliphatic carbocycles. The van der Waals surface area contributed by atoms with Crippen LogP contribution in [0.15, 0.2) is 30.3 Å². The number of carbonyl (C=O) groups is 1. The number of benzene rings is 1. The Morgan fingerprint density at radius 1 is 1.21 bits per heavy atom. The van der Waals surface area contributed by atoms with Gasteiger partial charge in [-0.15, -0.1) is 11.8 Å². The first kappa shape index (κ1) is 17.3. The highest BCUT2D eigenvalue weighted by Crippen LogP contribution is 2.32. The summed E-state index contributed by atoms with van der Waals surface area (Å²) < 4.78 is 0. The van der Waals surface area contributed by atoms with Crippen molar-refractivity contribution in [2.75, 3.05) is 31.9 Å². The summed E-state index contributed by atoms with van der Waals surface area (Å²) >= 11 is 1.67. The number of carbonyl (C=O) groups excluding carboxylic acids is 1. The molecule has 0 radical (unpaired) electrons. The molecule has 1 aromatic rings. The molecule has 2 aliphatic heterocycles. The van der Waals surface area contributed by atoms with Crippen molar-refractivity contribution in [1.82, 2.24) is 9.80 Å². The van der Waals surface area contributed by atoms with Gasteiger partial charge in [0.1, 0.15) is 0 Å². The first-order chi connectivity index (χ1) is 11.6. The van der Waals surface area contributed by atoms with Gasteiger partial charge < -0.3 is 10.0 Å². The summed E-state index contributed by atoms with van der Waals surface area (Å²) in [4.78, 5) is 15.8. The second-order valence-corrected chi connectivity index (χ2v) is 7.76. The maximum absolute atomic E-state index is 11.7. The molecule has 0 saturated carbocycles. The Morgan fingerprint density at radius 3 is 2.50 bits per heavy atom. The van der Waals surface area contributed by atoms with Crippen LogP contribution >= 0.6 is 11.8 Å². The van der Waals surface area contributed by atoms with E-state index in [2.05, 4.69) is 16.7 Å². The number of likely N-dealkylation sites (tertiary alicyclic amines) is 1. The predicted octanol–water partition coefficient (Wildman–Crippen LogP) is 1.89. The molecule has 0 aromatic heterocycles. The van der Waals surface area contributed by atoms with Crippen LogP contribution < -0.4 is 0 Å². The van der Waals surface area contributed by atoms with Crippen molar-refractivity contribution in [3.8, 4) is 11.8 Å². The highest BCUT2D eigenvalue weighted by atomic mass is 32.2. The second-order valence-electron chi connectivity index (χ2n) is 6.46. The minimum Gasteiger partial charge on any atom is -0.385 e. The minimum atomic E-state index is -0.709. The van der Waals surface area contributed by atoms with Crippen LogP contribution in [-0.4, -0.2) is 58.1 Å². The molecule has 2 fully saturated rings. The molecule has 0 spiro atoms. The van der Waals surface area contributed by atoms with Crippen molar-refractivity contribution in [2.45, 2.75) is 30.7 Å². The molecule has 1 amide bonds. The molecule has 1 unspecified atom stereocenters. The molecule has 4 nitrogen and oxygen atoms in total. The molecule has 2 saturated heterocycles. The zero-order valence-electron chi connectivity index (χ0n) is 14.1. The van der Waals surface area contributed by atoms with E-state index in [0.29, 0.717) is 18.8 Å². The highest BCUT2D eigenvalue weighted by molar-refractivity contribution is 8.00. The Hall–Kier alpha value is -1.48. The molecule has 3 rings (SSSR count). The average molecular weight is 344 g/mol. The topological polar surface area (TPSA) is 43.8 Å². The van der Waals surface area contributed by atoms with Crippen LogP contribution in [0.1, 0.15) is 25.3 Å². The van der Waals surface area contributed by atoms with E-state index in [9.17, 15) is 9.90 Å². The number of piperidine rings is 1. The van der Waals surface area contributed by atoms with Gasteiger partial charge in [0.05, 0.1) is 29.8 Å². The van der Waals surface area contributed by atoms with Crippen LogP contribution in [0.4, 0.5) is 0 Å².